The lowest BCUT2D eigenvalue weighted by Gasteiger charge is -2.24. The molecular weight excluding hydrogens is 526 g/mol. The number of anilines is 1. The molecule has 1 amide bonds. The Balaban J connectivity index is 1.56. The Morgan fingerprint density at radius 2 is 1.90 bits per heavy atom. The zero-order valence-electron chi connectivity index (χ0n) is 22.6. The van der Waals surface area contributed by atoms with Gasteiger partial charge in [-0.3, -0.25) is 24.1 Å². The number of carboxylic acid groups (broad SMARTS) is 1. The molecule has 1 aliphatic rings. The van der Waals surface area contributed by atoms with E-state index in [9.17, 15) is 24.8 Å². The van der Waals surface area contributed by atoms with Crippen LogP contribution in [0.15, 0.2) is 66.9 Å². The number of nitro groups is 1. The first kappa shape index (κ1) is 27.6. The van der Waals surface area contributed by atoms with Crippen LogP contribution in [0, 0.1) is 10.1 Å². The molecule has 0 bridgehead atoms. The summed E-state index contributed by atoms with van der Waals surface area (Å²) in [7, 11) is 1.60. The summed E-state index contributed by atoms with van der Waals surface area (Å²) in [6, 6.07) is 15.8. The van der Waals surface area contributed by atoms with Gasteiger partial charge in [0, 0.05) is 29.9 Å². The third-order valence-electron chi connectivity index (χ3n) is 7.35. The van der Waals surface area contributed by atoms with Crippen LogP contribution in [0.25, 0.3) is 16.9 Å². The molecular formula is C30H31N5O6. The van der Waals surface area contributed by atoms with Crippen LogP contribution in [0.2, 0.25) is 0 Å². The molecule has 2 aromatic heterocycles. The van der Waals surface area contributed by atoms with Crippen LogP contribution in [-0.2, 0) is 4.79 Å². The number of pyridine rings is 1. The topological polar surface area (TPSA) is 148 Å². The maximum atomic E-state index is 13.7. The van der Waals surface area contributed by atoms with E-state index in [2.05, 4.69) is 10.6 Å². The molecule has 1 atom stereocenters. The van der Waals surface area contributed by atoms with Gasteiger partial charge in [0.15, 0.2) is 5.65 Å². The molecule has 2 aromatic carbocycles. The highest BCUT2D eigenvalue weighted by atomic mass is 16.6. The van der Waals surface area contributed by atoms with Crippen LogP contribution in [0.1, 0.15) is 60.5 Å². The summed E-state index contributed by atoms with van der Waals surface area (Å²) in [6.07, 6.45) is 6.94. The third kappa shape index (κ3) is 6.13. The Bertz CT molecular complexity index is 1590. The molecule has 3 N–H and O–H groups in total. The number of non-ortho nitro benzene ring substituents is 1. The van der Waals surface area contributed by atoms with Crippen molar-refractivity contribution < 1.29 is 24.4 Å². The van der Waals surface area contributed by atoms with E-state index in [1.807, 2.05) is 34.9 Å². The molecule has 11 nitrogen and oxygen atoms in total. The second-order valence-electron chi connectivity index (χ2n) is 10.1. The highest BCUT2D eigenvalue weighted by Crippen LogP contribution is 2.34. The highest BCUT2D eigenvalue weighted by molar-refractivity contribution is 6.01. The number of aromatic nitrogens is 2. The normalized spacial score (nSPS) is 14.4. The number of rotatable bonds is 10. The number of ether oxygens (including phenoxy) is 1. The number of carbonyl (C=O) groups is 2. The van der Waals surface area contributed by atoms with Crippen LogP contribution in [0.4, 0.5) is 11.5 Å². The zero-order chi connectivity index (χ0) is 28.9. The van der Waals surface area contributed by atoms with E-state index in [1.54, 1.807) is 25.3 Å². The molecule has 11 heteroatoms. The van der Waals surface area contributed by atoms with Gasteiger partial charge in [-0.15, -0.1) is 0 Å². The van der Waals surface area contributed by atoms with Gasteiger partial charge in [0.25, 0.3) is 11.6 Å². The Kier molecular flexibility index (Phi) is 8.14. The summed E-state index contributed by atoms with van der Waals surface area (Å²) in [5.41, 5.74) is 2.25. The molecule has 1 aliphatic carbocycles. The molecule has 5 rings (SSSR count). The molecule has 1 unspecified atom stereocenters. The molecule has 41 heavy (non-hydrogen) atoms. The second-order valence-corrected chi connectivity index (χ2v) is 10.1. The lowest BCUT2D eigenvalue weighted by molar-refractivity contribution is -0.384. The molecule has 4 aromatic rings. The van der Waals surface area contributed by atoms with E-state index in [1.165, 1.54) is 24.6 Å². The Morgan fingerprint density at radius 1 is 1.12 bits per heavy atom. The first-order valence-electron chi connectivity index (χ1n) is 13.5. The van der Waals surface area contributed by atoms with Crippen molar-refractivity contribution in [1.82, 2.24) is 14.7 Å². The summed E-state index contributed by atoms with van der Waals surface area (Å²) < 4.78 is 7.28. The fourth-order valence-electron chi connectivity index (χ4n) is 5.31. The van der Waals surface area contributed by atoms with Gasteiger partial charge in [-0.1, -0.05) is 43.5 Å². The maximum Gasteiger partial charge on any atom is 0.305 e. The number of fused-ring (bicyclic) bond motifs is 1. The minimum atomic E-state index is -1.15. The van der Waals surface area contributed by atoms with Crippen molar-refractivity contribution >= 4 is 29.0 Å². The Hall–Kier alpha value is -4.93. The van der Waals surface area contributed by atoms with Gasteiger partial charge >= 0.3 is 5.97 Å². The average Bonchev–Trinajstić information content (AvgIpc) is 3.35. The fraction of sp³-hybridized carbons (Fsp3) is 0.300. The van der Waals surface area contributed by atoms with Crippen molar-refractivity contribution in [2.24, 2.45) is 0 Å². The van der Waals surface area contributed by atoms with E-state index in [0.29, 0.717) is 22.7 Å². The Morgan fingerprint density at radius 3 is 2.63 bits per heavy atom. The van der Waals surface area contributed by atoms with Crippen LogP contribution in [0.3, 0.4) is 0 Å². The molecule has 1 saturated carbocycles. The number of benzene rings is 2. The van der Waals surface area contributed by atoms with Crippen LogP contribution in [0.5, 0.6) is 5.75 Å². The van der Waals surface area contributed by atoms with E-state index < -0.39 is 29.3 Å². The molecule has 0 saturated heterocycles. The van der Waals surface area contributed by atoms with Crippen molar-refractivity contribution in [3.8, 4) is 17.0 Å². The molecule has 0 spiro atoms. The number of carboxylic acids is 1. The lowest BCUT2D eigenvalue weighted by Crippen LogP contribution is -2.30. The molecule has 0 radical (unpaired) electrons. The van der Waals surface area contributed by atoms with E-state index in [-0.39, 0.29) is 17.3 Å². The third-order valence-corrected chi connectivity index (χ3v) is 7.35. The smallest absolute Gasteiger partial charge is 0.305 e. The molecule has 0 aliphatic heterocycles. The first-order valence-corrected chi connectivity index (χ1v) is 13.5. The second kappa shape index (κ2) is 12.1. The predicted octanol–water partition coefficient (Wildman–Crippen LogP) is 5.61. The van der Waals surface area contributed by atoms with Crippen molar-refractivity contribution in [3.05, 3.63) is 88.1 Å². The minimum Gasteiger partial charge on any atom is -0.497 e. The van der Waals surface area contributed by atoms with Gasteiger partial charge < -0.3 is 20.5 Å². The van der Waals surface area contributed by atoms with Gasteiger partial charge in [-0.05, 0) is 42.7 Å². The number of nitrogens with zero attached hydrogens (tertiary/aromatic N) is 3. The zero-order valence-corrected chi connectivity index (χ0v) is 22.6. The van der Waals surface area contributed by atoms with E-state index in [0.717, 1.165) is 37.1 Å². The summed E-state index contributed by atoms with van der Waals surface area (Å²) in [6.45, 7) is 0. The minimum absolute atomic E-state index is 0.191. The van der Waals surface area contributed by atoms with Crippen molar-refractivity contribution in [3.63, 3.8) is 0 Å². The lowest BCUT2D eigenvalue weighted by atomic mass is 9.95. The van der Waals surface area contributed by atoms with Crippen molar-refractivity contribution in [2.75, 3.05) is 12.4 Å². The standard InChI is InChI=1S/C30H31N5O6/c1-41-23-13-6-9-20(17-23)27-29(31-21-10-3-2-4-11-21)34-15-7-14-24(28(34)33-27)30(38)32-25(18-26(36)37)19-8-5-12-22(16-19)35(39)40/h5-9,12-17,21,25,31H,2-4,10-11,18H2,1H3,(H,32,38)(H,36,37). The predicted molar refractivity (Wildman–Crippen MR) is 153 cm³/mol. The fourth-order valence-corrected chi connectivity index (χ4v) is 5.31. The van der Waals surface area contributed by atoms with Crippen molar-refractivity contribution in [2.45, 2.75) is 50.6 Å². The average molecular weight is 558 g/mol. The number of hydrogen-bond acceptors (Lipinski definition) is 7. The number of imidazole rings is 1. The number of amides is 1. The number of hydrogen-bond donors (Lipinski definition) is 3. The summed E-state index contributed by atoms with van der Waals surface area (Å²) in [5, 5.41) is 27.3. The van der Waals surface area contributed by atoms with E-state index >= 15 is 0 Å². The van der Waals surface area contributed by atoms with Gasteiger partial charge in [-0.2, -0.15) is 0 Å². The first-order chi connectivity index (χ1) is 19.8. The molecule has 2 heterocycles. The highest BCUT2D eigenvalue weighted by Gasteiger charge is 2.25. The summed E-state index contributed by atoms with van der Waals surface area (Å²) in [4.78, 5) is 41.0. The number of nitrogens with one attached hydrogen (secondary N) is 2. The largest absolute Gasteiger partial charge is 0.497 e. The summed E-state index contributed by atoms with van der Waals surface area (Å²) in [5.74, 6) is -0.259. The van der Waals surface area contributed by atoms with Crippen LogP contribution >= 0.6 is 0 Å². The SMILES string of the molecule is COc1cccc(-c2nc3c(C(=O)NC(CC(=O)O)c4cccc([N+](=O)[O-])c4)cccn3c2NC2CCCCC2)c1. The van der Waals surface area contributed by atoms with Gasteiger partial charge in [0.1, 0.15) is 17.3 Å². The maximum absolute atomic E-state index is 13.7. The van der Waals surface area contributed by atoms with Crippen LogP contribution in [-0.4, -0.2) is 44.4 Å². The monoisotopic (exact) mass is 557 g/mol. The Labute approximate surface area is 236 Å². The summed E-state index contributed by atoms with van der Waals surface area (Å²) >= 11 is 0. The number of aliphatic carboxylic acids is 1. The van der Waals surface area contributed by atoms with Gasteiger partial charge in [0.2, 0.25) is 0 Å². The van der Waals surface area contributed by atoms with Crippen molar-refractivity contribution in [1.29, 1.82) is 0 Å². The van der Waals surface area contributed by atoms with Gasteiger partial charge in [0.05, 0.1) is 30.1 Å². The number of nitro benzene ring substituents is 1. The molecule has 212 valence electrons. The number of carbonyl (C=O) groups excluding carboxylic acids is 1. The number of methoxy groups -OCH3 is 1. The molecule has 1 fully saturated rings. The van der Waals surface area contributed by atoms with Crippen LogP contribution < -0.4 is 15.4 Å². The quantitative estimate of drug-likeness (QED) is 0.168. The van der Waals surface area contributed by atoms with E-state index in [4.69, 9.17) is 9.72 Å². The van der Waals surface area contributed by atoms with Gasteiger partial charge in [-0.25, -0.2) is 4.98 Å².